The summed E-state index contributed by atoms with van der Waals surface area (Å²) in [6.07, 6.45) is 4.22. The second-order valence-electron chi connectivity index (χ2n) is 7.82. The number of carbonyl (C=O) groups is 2. The predicted octanol–water partition coefficient (Wildman–Crippen LogP) is 0.187. The molecule has 3 fully saturated rings. The quantitative estimate of drug-likeness (QED) is 0.762. The molecule has 0 aromatic rings. The van der Waals surface area contributed by atoms with Crippen molar-refractivity contribution in [3.05, 3.63) is 0 Å². The first-order valence-electron chi connectivity index (χ1n) is 9.01. The minimum Gasteiger partial charge on any atom is -0.339 e. The highest BCUT2D eigenvalue weighted by molar-refractivity contribution is 5.83. The van der Waals surface area contributed by atoms with Gasteiger partial charge in [0.05, 0.1) is 12.6 Å². The predicted molar refractivity (Wildman–Crippen MR) is 89.0 cm³/mol. The van der Waals surface area contributed by atoms with Crippen molar-refractivity contribution in [1.29, 1.82) is 0 Å². The van der Waals surface area contributed by atoms with Crippen LogP contribution in [-0.4, -0.2) is 73.0 Å². The summed E-state index contributed by atoms with van der Waals surface area (Å²) in [4.78, 5) is 29.1. The van der Waals surface area contributed by atoms with Gasteiger partial charge in [-0.15, -0.1) is 0 Å². The van der Waals surface area contributed by atoms with Crippen LogP contribution in [0.3, 0.4) is 0 Å². The highest BCUT2D eigenvalue weighted by Crippen LogP contribution is 2.32. The van der Waals surface area contributed by atoms with E-state index in [1.54, 1.807) is 0 Å². The molecule has 0 aromatic heterocycles. The average Bonchev–Trinajstić information content (AvgIpc) is 2.54. The van der Waals surface area contributed by atoms with E-state index < -0.39 is 0 Å². The molecule has 3 aliphatic heterocycles. The molecule has 3 aliphatic rings. The van der Waals surface area contributed by atoms with Gasteiger partial charge in [0, 0.05) is 32.2 Å². The first-order valence-corrected chi connectivity index (χ1v) is 9.01. The molecule has 3 saturated heterocycles. The summed E-state index contributed by atoms with van der Waals surface area (Å²) in [5.74, 6) is 0.397. The molecule has 6 heteroatoms. The van der Waals surface area contributed by atoms with Crippen molar-refractivity contribution in [2.75, 3.05) is 39.3 Å². The lowest BCUT2D eigenvalue weighted by atomic mass is 9.77. The molecule has 130 valence electrons. The number of amides is 2. The van der Waals surface area contributed by atoms with Gasteiger partial charge < -0.3 is 20.4 Å². The van der Waals surface area contributed by atoms with Gasteiger partial charge in [-0.05, 0) is 37.6 Å². The van der Waals surface area contributed by atoms with Gasteiger partial charge in [0.25, 0.3) is 0 Å². The molecule has 2 N–H and O–H groups in total. The molecule has 3 rings (SSSR count). The molecule has 6 nitrogen and oxygen atoms in total. The van der Waals surface area contributed by atoms with E-state index in [-0.39, 0.29) is 29.3 Å². The Morgan fingerprint density at radius 2 is 2.04 bits per heavy atom. The molecule has 0 radical (unpaired) electrons. The zero-order valence-electron chi connectivity index (χ0n) is 14.4. The summed E-state index contributed by atoms with van der Waals surface area (Å²) in [6, 6.07) is 0.0997. The van der Waals surface area contributed by atoms with Crippen molar-refractivity contribution in [3.63, 3.8) is 0 Å². The number of carbonyl (C=O) groups excluding carboxylic acids is 2. The van der Waals surface area contributed by atoms with Gasteiger partial charge in [-0.25, -0.2) is 0 Å². The Morgan fingerprint density at radius 3 is 2.78 bits per heavy atom. The lowest BCUT2D eigenvalue weighted by molar-refractivity contribution is -0.143. The molecule has 2 amide bonds. The molecule has 2 atom stereocenters. The number of nitrogens with one attached hydrogen (secondary N) is 2. The molecule has 3 heterocycles. The maximum absolute atomic E-state index is 13.0. The lowest BCUT2D eigenvalue weighted by Gasteiger charge is -2.45. The summed E-state index contributed by atoms with van der Waals surface area (Å²) in [7, 11) is 0. The fraction of sp³-hybridized carbons (Fsp3) is 0.882. The number of piperazine rings is 1. The van der Waals surface area contributed by atoms with Gasteiger partial charge in [0.15, 0.2) is 0 Å². The van der Waals surface area contributed by atoms with Crippen LogP contribution in [0.15, 0.2) is 0 Å². The van der Waals surface area contributed by atoms with E-state index in [1.807, 2.05) is 9.80 Å². The summed E-state index contributed by atoms with van der Waals surface area (Å²) in [5, 5.41) is 6.55. The summed E-state index contributed by atoms with van der Waals surface area (Å²) >= 11 is 0. The van der Waals surface area contributed by atoms with Crippen LogP contribution in [0.2, 0.25) is 0 Å². The Labute approximate surface area is 139 Å². The maximum Gasteiger partial charge on any atom is 0.240 e. The Morgan fingerprint density at radius 1 is 1.22 bits per heavy atom. The smallest absolute Gasteiger partial charge is 0.240 e. The first kappa shape index (κ1) is 16.7. The van der Waals surface area contributed by atoms with Crippen molar-refractivity contribution < 1.29 is 9.59 Å². The molecule has 0 spiro atoms. The number of piperidine rings is 2. The number of rotatable bonds is 2. The molecule has 0 bridgehead atoms. The topological polar surface area (TPSA) is 64.7 Å². The van der Waals surface area contributed by atoms with Crippen LogP contribution < -0.4 is 10.6 Å². The van der Waals surface area contributed by atoms with Crippen LogP contribution in [0.1, 0.15) is 39.5 Å². The van der Waals surface area contributed by atoms with Gasteiger partial charge in [0.1, 0.15) is 0 Å². The summed E-state index contributed by atoms with van der Waals surface area (Å²) < 4.78 is 0. The zero-order chi connectivity index (χ0) is 16.4. The Bertz CT molecular complexity index is 466. The molecule has 0 aliphatic carbocycles. The highest BCUT2D eigenvalue weighted by atomic mass is 16.2. The van der Waals surface area contributed by atoms with E-state index in [0.29, 0.717) is 13.1 Å². The van der Waals surface area contributed by atoms with Gasteiger partial charge in [0.2, 0.25) is 11.8 Å². The van der Waals surface area contributed by atoms with Crippen LogP contribution in [0.5, 0.6) is 0 Å². The number of hydrogen-bond acceptors (Lipinski definition) is 4. The van der Waals surface area contributed by atoms with Crippen LogP contribution in [0, 0.1) is 5.41 Å². The fourth-order valence-corrected chi connectivity index (χ4v) is 4.23. The minimum absolute atomic E-state index is 0.00708. The highest BCUT2D eigenvalue weighted by Gasteiger charge is 2.41. The normalized spacial score (nSPS) is 32.0. The molecule has 0 aromatic carbocycles. The summed E-state index contributed by atoms with van der Waals surface area (Å²) in [6.45, 7) is 8.86. The van der Waals surface area contributed by atoms with E-state index in [4.69, 9.17) is 0 Å². The van der Waals surface area contributed by atoms with Crippen molar-refractivity contribution in [2.24, 2.45) is 5.41 Å². The average molecular weight is 322 g/mol. The van der Waals surface area contributed by atoms with E-state index in [1.165, 1.54) is 0 Å². The van der Waals surface area contributed by atoms with Crippen LogP contribution in [-0.2, 0) is 9.59 Å². The SMILES string of the molecule is CC1(C)CCCN[C@@H]1C(=O)N1CCC[C@H](N2CCNCC2=O)C1. The van der Waals surface area contributed by atoms with Crippen molar-refractivity contribution in [1.82, 2.24) is 20.4 Å². The number of nitrogens with zero attached hydrogens (tertiary/aromatic N) is 2. The molecule has 0 unspecified atom stereocenters. The third-order valence-electron chi connectivity index (χ3n) is 5.65. The monoisotopic (exact) mass is 322 g/mol. The molecule has 0 saturated carbocycles. The van der Waals surface area contributed by atoms with Crippen molar-refractivity contribution in [2.45, 2.75) is 51.6 Å². The molecular formula is C17H30N4O2. The van der Waals surface area contributed by atoms with Gasteiger partial charge in [-0.1, -0.05) is 13.8 Å². The molecule has 23 heavy (non-hydrogen) atoms. The van der Waals surface area contributed by atoms with Crippen molar-refractivity contribution >= 4 is 11.8 Å². The largest absolute Gasteiger partial charge is 0.339 e. The standard InChI is InChI=1S/C17H30N4O2/c1-17(2)6-4-7-19-15(17)16(23)20-9-3-5-13(12-20)21-10-8-18-11-14(21)22/h13,15,18-19H,3-12H2,1-2H3/t13-,15+/m0/s1. The van der Waals surface area contributed by atoms with Gasteiger partial charge in [-0.3, -0.25) is 9.59 Å². The summed E-state index contributed by atoms with van der Waals surface area (Å²) in [5.41, 5.74) is 0.00708. The van der Waals surface area contributed by atoms with Crippen LogP contribution >= 0.6 is 0 Å². The Hall–Kier alpha value is -1.14. The van der Waals surface area contributed by atoms with E-state index in [0.717, 1.165) is 51.9 Å². The lowest BCUT2D eigenvalue weighted by Crippen LogP contribution is -2.61. The van der Waals surface area contributed by atoms with Crippen molar-refractivity contribution in [3.8, 4) is 0 Å². The minimum atomic E-state index is -0.0891. The number of hydrogen-bond donors (Lipinski definition) is 2. The Kier molecular flexibility index (Phi) is 4.92. The van der Waals surface area contributed by atoms with Gasteiger partial charge >= 0.3 is 0 Å². The third-order valence-corrected chi connectivity index (χ3v) is 5.65. The van der Waals surface area contributed by atoms with Crippen LogP contribution in [0.4, 0.5) is 0 Å². The van der Waals surface area contributed by atoms with E-state index >= 15 is 0 Å². The van der Waals surface area contributed by atoms with E-state index in [2.05, 4.69) is 24.5 Å². The fourth-order valence-electron chi connectivity index (χ4n) is 4.23. The van der Waals surface area contributed by atoms with Gasteiger partial charge in [-0.2, -0.15) is 0 Å². The molecular weight excluding hydrogens is 292 g/mol. The zero-order valence-corrected chi connectivity index (χ0v) is 14.4. The Balaban J connectivity index is 1.65. The second kappa shape index (κ2) is 6.77. The third kappa shape index (κ3) is 3.53. The number of likely N-dealkylation sites (tertiary alicyclic amines) is 1. The maximum atomic E-state index is 13.0. The van der Waals surface area contributed by atoms with E-state index in [9.17, 15) is 9.59 Å². The van der Waals surface area contributed by atoms with Crippen LogP contribution in [0.25, 0.3) is 0 Å². The second-order valence-corrected chi connectivity index (χ2v) is 7.82. The first-order chi connectivity index (χ1) is 11.0.